The molecule has 8 heteroatoms. The number of nitriles is 1. The van der Waals surface area contributed by atoms with Crippen molar-refractivity contribution >= 4 is 27.4 Å². The summed E-state index contributed by atoms with van der Waals surface area (Å²) >= 11 is 5.56. The van der Waals surface area contributed by atoms with E-state index in [-0.39, 0.29) is 16.7 Å². The predicted molar refractivity (Wildman–Crippen MR) is 74.4 cm³/mol. The van der Waals surface area contributed by atoms with Crippen molar-refractivity contribution in [2.24, 2.45) is 0 Å². The zero-order chi connectivity index (χ0) is 14.6. The van der Waals surface area contributed by atoms with Crippen LogP contribution in [0.4, 0.5) is 5.82 Å². The highest BCUT2D eigenvalue weighted by Crippen LogP contribution is 2.12. The normalized spacial score (nSPS) is 10.8. The Labute approximate surface area is 121 Å². The van der Waals surface area contributed by atoms with Crippen LogP contribution in [0.5, 0.6) is 0 Å². The summed E-state index contributed by atoms with van der Waals surface area (Å²) in [6.45, 7) is 0. The van der Waals surface area contributed by atoms with Crippen LogP contribution in [-0.4, -0.2) is 18.6 Å². The summed E-state index contributed by atoms with van der Waals surface area (Å²) in [6.07, 6.45) is 0. The van der Waals surface area contributed by atoms with Crippen LogP contribution < -0.4 is 4.72 Å². The summed E-state index contributed by atoms with van der Waals surface area (Å²) in [4.78, 5) is 0. The number of nitrogens with zero attached hydrogens (tertiary/aromatic N) is 3. The number of hydrogen-bond acceptors (Lipinski definition) is 5. The highest BCUT2D eigenvalue weighted by Gasteiger charge is 2.13. The third-order valence-electron chi connectivity index (χ3n) is 2.30. The van der Waals surface area contributed by atoms with E-state index >= 15 is 0 Å². The summed E-state index contributed by atoms with van der Waals surface area (Å²) in [5.41, 5.74) is 0.919. The second-order valence-corrected chi connectivity index (χ2v) is 6.02. The lowest BCUT2D eigenvalue weighted by Gasteiger charge is -2.06. The zero-order valence-electron chi connectivity index (χ0n) is 10.1. The lowest BCUT2D eigenvalue weighted by molar-refractivity contribution is 0.600. The molecule has 0 radical (unpaired) electrons. The van der Waals surface area contributed by atoms with Crippen molar-refractivity contribution in [3.05, 3.63) is 52.7 Å². The molecule has 0 unspecified atom stereocenters. The molecule has 6 nitrogen and oxygen atoms in total. The van der Waals surface area contributed by atoms with Gasteiger partial charge in [-0.05, 0) is 29.8 Å². The van der Waals surface area contributed by atoms with Gasteiger partial charge in [-0.3, -0.25) is 4.72 Å². The number of hydrogen-bond donors (Lipinski definition) is 1. The Kier molecular flexibility index (Phi) is 4.17. The molecular weight excluding hydrogens is 300 g/mol. The molecule has 0 aliphatic rings. The smallest absolute Gasteiger partial charge is 0.238 e. The SMILES string of the molecule is N#Cc1cccc(CS(=O)(=O)Nc2ccc(Cl)nn2)c1. The Morgan fingerprint density at radius 3 is 2.70 bits per heavy atom. The topological polar surface area (TPSA) is 95.7 Å². The van der Waals surface area contributed by atoms with Crippen molar-refractivity contribution < 1.29 is 8.42 Å². The molecule has 0 aliphatic heterocycles. The van der Waals surface area contributed by atoms with Gasteiger partial charge in [0.2, 0.25) is 10.0 Å². The molecule has 0 spiro atoms. The molecule has 0 saturated heterocycles. The van der Waals surface area contributed by atoms with E-state index in [0.29, 0.717) is 11.1 Å². The Morgan fingerprint density at radius 1 is 1.25 bits per heavy atom. The minimum atomic E-state index is -3.63. The monoisotopic (exact) mass is 308 g/mol. The lowest BCUT2D eigenvalue weighted by Crippen LogP contribution is -2.16. The maximum absolute atomic E-state index is 12.0. The Balaban J connectivity index is 2.15. The number of nitrogens with one attached hydrogen (secondary N) is 1. The molecule has 1 heterocycles. The van der Waals surface area contributed by atoms with Gasteiger partial charge in [0.1, 0.15) is 0 Å². The Bertz CT molecular complexity index is 754. The molecule has 0 aliphatic carbocycles. The minimum Gasteiger partial charge on any atom is -0.266 e. The summed E-state index contributed by atoms with van der Waals surface area (Å²) in [5.74, 6) is -0.168. The quantitative estimate of drug-likeness (QED) is 0.931. The fraction of sp³-hybridized carbons (Fsp3) is 0.0833. The number of sulfonamides is 1. The van der Waals surface area contributed by atoms with E-state index in [2.05, 4.69) is 14.9 Å². The molecule has 0 bridgehead atoms. The van der Waals surface area contributed by atoms with Crippen molar-refractivity contribution in [3.8, 4) is 6.07 Å². The average Bonchev–Trinajstić information content (AvgIpc) is 2.41. The summed E-state index contributed by atoms with van der Waals surface area (Å²) in [6, 6.07) is 11.2. The third-order valence-corrected chi connectivity index (χ3v) is 3.74. The van der Waals surface area contributed by atoms with Crippen LogP contribution in [0.25, 0.3) is 0 Å². The van der Waals surface area contributed by atoms with Gasteiger partial charge in [0.15, 0.2) is 11.0 Å². The lowest BCUT2D eigenvalue weighted by atomic mass is 10.2. The molecule has 1 N–H and O–H groups in total. The highest BCUT2D eigenvalue weighted by atomic mass is 35.5. The number of aromatic nitrogens is 2. The summed E-state index contributed by atoms with van der Waals surface area (Å²) < 4.78 is 26.2. The van der Waals surface area contributed by atoms with Gasteiger partial charge in [-0.25, -0.2) is 8.42 Å². The molecule has 0 amide bonds. The van der Waals surface area contributed by atoms with Crippen LogP contribution in [-0.2, 0) is 15.8 Å². The first-order valence-electron chi connectivity index (χ1n) is 5.47. The third kappa shape index (κ3) is 3.91. The first-order chi connectivity index (χ1) is 9.48. The van der Waals surface area contributed by atoms with E-state index in [1.807, 2.05) is 6.07 Å². The largest absolute Gasteiger partial charge is 0.266 e. The average molecular weight is 309 g/mol. The van der Waals surface area contributed by atoms with Gasteiger partial charge < -0.3 is 0 Å². The molecule has 0 saturated carbocycles. The summed E-state index contributed by atoms with van der Waals surface area (Å²) in [5, 5.41) is 16.1. The first-order valence-corrected chi connectivity index (χ1v) is 7.50. The minimum absolute atomic E-state index is 0.0887. The molecule has 1 aromatic carbocycles. The number of halogens is 1. The van der Waals surface area contributed by atoms with E-state index < -0.39 is 10.0 Å². The fourth-order valence-corrected chi connectivity index (χ4v) is 2.73. The van der Waals surface area contributed by atoms with Gasteiger partial charge in [-0.15, -0.1) is 10.2 Å². The molecule has 0 atom stereocenters. The van der Waals surface area contributed by atoms with E-state index in [1.165, 1.54) is 18.2 Å². The molecule has 2 aromatic rings. The number of rotatable bonds is 4. The van der Waals surface area contributed by atoms with E-state index in [1.54, 1.807) is 18.2 Å². The van der Waals surface area contributed by atoms with Crippen molar-refractivity contribution in [2.75, 3.05) is 4.72 Å². The van der Waals surface area contributed by atoms with Crippen LogP contribution in [0.15, 0.2) is 36.4 Å². The van der Waals surface area contributed by atoms with Crippen LogP contribution >= 0.6 is 11.6 Å². The zero-order valence-corrected chi connectivity index (χ0v) is 11.7. The highest BCUT2D eigenvalue weighted by molar-refractivity contribution is 7.91. The van der Waals surface area contributed by atoms with Gasteiger partial charge in [0.05, 0.1) is 17.4 Å². The fourth-order valence-electron chi connectivity index (χ4n) is 1.52. The Morgan fingerprint density at radius 2 is 2.05 bits per heavy atom. The van der Waals surface area contributed by atoms with E-state index in [0.717, 1.165) is 0 Å². The second kappa shape index (κ2) is 5.86. The van der Waals surface area contributed by atoms with Crippen LogP contribution in [0.1, 0.15) is 11.1 Å². The van der Waals surface area contributed by atoms with Gasteiger partial charge in [0.25, 0.3) is 0 Å². The maximum atomic E-state index is 12.0. The van der Waals surface area contributed by atoms with Crippen LogP contribution in [0.3, 0.4) is 0 Å². The molecule has 102 valence electrons. The van der Waals surface area contributed by atoms with Gasteiger partial charge >= 0.3 is 0 Å². The van der Waals surface area contributed by atoms with Crippen LogP contribution in [0.2, 0.25) is 5.15 Å². The number of anilines is 1. The standard InChI is InChI=1S/C12H9ClN4O2S/c13-11-4-5-12(16-15-11)17-20(18,19)8-10-3-1-2-9(6-10)7-14/h1-6H,8H2,(H,16,17). The van der Waals surface area contributed by atoms with Crippen molar-refractivity contribution in [1.29, 1.82) is 5.26 Å². The Hall–Kier alpha value is -2.17. The molecule has 2 rings (SSSR count). The number of benzene rings is 1. The van der Waals surface area contributed by atoms with Crippen LogP contribution in [0, 0.1) is 11.3 Å². The van der Waals surface area contributed by atoms with Crippen molar-refractivity contribution in [2.45, 2.75) is 5.75 Å². The molecular formula is C12H9ClN4O2S. The summed E-state index contributed by atoms with van der Waals surface area (Å²) in [7, 11) is -3.63. The predicted octanol–water partition coefficient (Wildman–Crippen LogP) is 1.94. The molecule has 0 fully saturated rings. The van der Waals surface area contributed by atoms with Crippen molar-refractivity contribution in [3.63, 3.8) is 0 Å². The van der Waals surface area contributed by atoms with Crippen molar-refractivity contribution in [1.82, 2.24) is 10.2 Å². The van der Waals surface area contributed by atoms with E-state index in [4.69, 9.17) is 16.9 Å². The maximum Gasteiger partial charge on any atom is 0.238 e. The van der Waals surface area contributed by atoms with Gasteiger partial charge in [-0.1, -0.05) is 23.7 Å². The van der Waals surface area contributed by atoms with E-state index in [9.17, 15) is 8.42 Å². The van der Waals surface area contributed by atoms with Gasteiger partial charge in [-0.2, -0.15) is 5.26 Å². The molecule has 1 aromatic heterocycles. The molecule has 20 heavy (non-hydrogen) atoms. The first kappa shape index (κ1) is 14.2. The van der Waals surface area contributed by atoms with Gasteiger partial charge in [0, 0.05) is 0 Å². The second-order valence-electron chi connectivity index (χ2n) is 3.91.